The van der Waals surface area contributed by atoms with Gasteiger partial charge in [0.25, 0.3) is 0 Å². The van der Waals surface area contributed by atoms with E-state index in [1.165, 1.54) is 13.8 Å². The molecule has 0 bridgehead atoms. The number of amidine groups is 1. The second kappa shape index (κ2) is 14.2. The average Bonchev–Trinajstić information content (AvgIpc) is 3.34. The molecule has 0 aromatic heterocycles. The van der Waals surface area contributed by atoms with Gasteiger partial charge < -0.3 is 28.6 Å². The summed E-state index contributed by atoms with van der Waals surface area (Å²) in [7, 11) is 0. The number of hydrogen-bond acceptors (Lipinski definition) is 13. The molecule has 13 nitrogen and oxygen atoms in total. The molecule has 0 radical (unpaired) electrons. The molecule has 1 fully saturated rings. The van der Waals surface area contributed by atoms with Gasteiger partial charge in [-0.3, -0.25) is 24.0 Å². The van der Waals surface area contributed by atoms with E-state index in [2.05, 4.69) is 15.9 Å². The molecule has 6 atom stereocenters. The number of benzene rings is 2. The fourth-order valence-corrected chi connectivity index (χ4v) is 5.53. The van der Waals surface area contributed by atoms with Crippen LogP contribution in [-0.4, -0.2) is 77.6 Å². The number of hydrogen-bond donors (Lipinski definition) is 0. The van der Waals surface area contributed by atoms with Crippen LogP contribution in [0, 0.1) is 6.92 Å². The van der Waals surface area contributed by atoms with Crippen LogP contribution >= 0.6 is 15.9 Å². The van der Waals surface area contributed by atoms with Crippen LogP contribution in [0.1, 0.15) is 51.9 Å². The second-order valence-corrected chi connectivity index (χ2v) is 11.5. The second-order valence-electron chi connectivity index (χ2n) is 10.6. The minimum Gasteiger partial charge on any atom is -0.463 e. The Hall–Kier alpha value is -4.30. The smallest absolute Gasteiger partial charge is 0.305 e. The molecule has 0 aliphatic carbocycles. The van der Waals surface area contributed by atoms with Crippen LogP contribution < -0.4 is 5.01 Å². The number of Topliss-reactive ketones (excluding diaryl/α,β-unsaturated/α-hetero) is 1. The van der Waals surface area contributed by atoms with E-state index >= 15 is 0 Å². The monoisotopic (exact) mass is 687 g/mol. The number of rotatable bonds is 9. The molecule has 2 aliphatic rings. The number of ether oxygens (including phenoxy) is 5. The van der Waals surface area contributed by atoms with Crippen molar-refractivity contribution in [3.63, 3.8) is 0 Å². The summed E-state index contributed by atoms with van der Waals surface area (Å²) in [6.45, 7) is 7.49. The number of carbonyl (C=O) groups excluding carboxylic acids is 5. The summed E-state index contributed by atoms with van der Waals surface area (Å²) in [4.78, 5) is 64.0. The van der Waals surface area contributed by atoms with Crippen LogP contribution in [0.2, 0.25) is 0 Å². The summed E-state index contributed by atoms with van der Waals surface area (Å²) in [5, 5.41) is 6.33. The van der Waals surface area contributed by atoms with Gasteiger partial charge in [-0.2, -0.15) is 0 Å². The first kappa shape index (κ1) is 33.6. The Morgan fingerprint density at radius 1 is 0.800 bits per heavy atom. The number of carbonyl (C=O) groups is 5. The maximum atomic E-state index is 13.3. The largest absolute Gasteiger partial charge is 0.463 e. The molecule has 14 heteroatoms. The summed E-state index contributed by atoms with van der Waals surface area (Å²) >= 11 is 3.44. The fraction of sp³-hybridized carbons (Fsp3) is 0.419. The van der Waals surface area contributed by atoms with Gasteiger partial charge in [-0.15, -0.1) is 5.10 Å². The summed E-state index contributed by atoms with van der Waals surface area (Å²) in [6, 6.07) is 13.4. The SMILES string of the molecule is CC(=O)OC[C@H]1O[C@@H](OC(C)=O)[C@H](N2C(C(C)=O)=NN(c3ccc(Br)cc3)C2c2ccc(C)cc2)[C@@H](OC(C)=O)[C@@H]1OC(C)=O. The third-order valence-corrected chi connectivity index (χ3v) is 7.53. The highest BCUT2D eigenvalue weighted by molar-refractivity contribution is 9.10. The highest BCUT2D eigenvalue weighted by Gasteiger charge is 2.58. The van der Waals surface area contributed by atoms with Gasteiger partial charge >= 0.3 is 23.9 Å². The van der Waals surface area contributed by atoms with E-state index in [9.17, 15) is 24.0 Å². The van der Waals surface area contributed by atoms with Crippen molar-refractivity contribution in [2.75, 3.05) is 11.6 Å². The molecule has 2 aromatic carbocycles. The summed E-state index contributed by atoms with van der Waals surface area (Å²) in [6.07, 6.45) is -6.34. The van der Waals surface area contributed by atoms with E-state index < -0.39 is 73.1 Å². The molecule has 240 valence electrons. The number of hydrazone groups is 1. The first-order valence-electron chi connectivity index (χ1n) is 14.1. The maximum Gasteiger partial charge on any atom is 0.305 e. The summed E-state index contributed by atoms with van der Waals surface area (Å²) in [5.41, 5.74) is 2.27. The van der Waals surface area contributed by atoms with Crippen LogP contribution in [0.15, 0.2) is 58.1 Å². The number of ketones is 1. The first-order chi connectivity index (χ1) is 21.3. The van der Waals surface area contributed by atoms with E-state index in [0.29, 0.717) is 11.3 Å². The van der Waals surface area contributed by atoms with Gasteiger partial charge in [0.05, 0.1) is 5.69 Å². The van der Waals surface area contributed by atoms with Crippen LogP contribution in [0.5, 0.6) is 0 Å². The molecule has 45 heavy (non-hydrogen) atoms. The van der Waals surface area contributed by atoms with Crippen LogP contribution in [0.25, 0.3) is 0 Å². The van der Waals surface area contributed by atoms with Gasteiger partial charge in [0, 0.05) is 39.1 Å². The van der Waals surface area contributed by atoms with Gasteiger partial charge in [0.2, 0.25) is 6.29 Å². The number of aryl methyl sites for hydroxylation is 1. The van der Waals surface area contributed by atoms with Crippen molar-refractivity contribution >= 4 is 57.1 Å². The Labute approximate surface area is 268 Å². The summed E-state index contributed by atoms with van der Waals surface area (Å²) < 4.78 is 29.2. The molecule has 1 saturated heterocycles. The lowest BCUT2D eigenvalue weighted by Gasteiger charge is -2.49. The van der Waals surface area contributed by atoms with Crippen molar-refractivity contribution in [2.24, 2.45) is 5.10 Å². The zero-order valence-electron chi connectivity index (χ0n) is 25.6. The Morgan fingerprint density at radius 2 is 1.38 bits per heavy atom. The van der Waals surface area contributed by atoms with E-state index in [0.717, 1.165) is 30.8 Å². The lowest BCUT2D eigenvalue weighted by molar-refractivity contribution is -0.282. The maximum absolute atomic E-state index is 13.3. The molecule has 0 saturated carbocycles. The number of anilines is 1. The molecule has 0 amide bonds. The molecular formula is C31H34BrN3O10. The highest BCUT2D eigenvalue weighted by Crippen LogP contribution is 2.42. The quantitative estimate of drug-likeness (QED) is 0.280. The number of esters is 4. The van der Waals surface area contributed by atoms with Crippen molar-refractivity contribution in [3.05, 3.63) is 64.1 Å². The zero-order valence-corrected chi connectivity index (χ0v) is 27.2. The summed E-state index contributed by atoms with van der Waals surface area (Å²) in [5.74, 6) is -3.42. The van der Waals surface area contributed by atoms with Gasteiger partial charge in [-0.1, -0.05) is 45.8 Å². The number of nitrogens with zero attached hydrogens (tertiary/aromatic N) is 3. The first-order valence-corrected chi connectivity index (χ1v) is 14.9. The van der Waals surface area contributed by atoms with E-state index in [1.54, 1.807) is 22.0 Å². The van der Waals surface area contributed by atoms with E-state index in [1.807, 2.05) is 43.3 Å². The Balaban J connectivity index is 1.96. The zero-order chi connectivity index (χ0) is 33.0. The molecule has 0 N–H and O–H groups in total. The lowest BCUT2D eigenvalue weighted by atomic mass is 9.93. The van der Waals surface area contributed by atoms with Crippen molar-refractivity contribution in [2.45, 2.75) is 78.4 Å². The third-order valence-electron chi connectivity index (χ3n) is 7.00. The van der Waals surface area contributed by atoms with Gasteiger partial charge in [0.15, 0.2) is 30.0 Å². The van der Waals surface area contributed by atoms with E-state index in [-0.39, 0.29) is 5.84 Å². The van der Waals surface area contributed by atoms with E-state index in [4.69, 9.17) is 28.8 Å². The molecule has 2 heterocycles. The molecule has 2 aromatic rings. The van der Waals surface area contributed by atoms with Crippen LogP contribution in [0.4, 0.5) is 5.69 Å². The molecule has 4 rings (SSSR count). The van der Waals surface area contributed by atoms with Crippen LogP contribution in [0.3, 0.4) is 0 Å². The predicted octanol–water partition coefficient (Wildman–Crippen LogP) is 3.56. The Kier molecular flexibility index (Phi) is 10.6. The Morgan fingerprint density at radius 3 is 1.91 bits per heavy atom. The molecule has 1 unspecified atom stereocenters. The van der Waals surface area contributed by atoms with Crippen molar-refractivity contribution in [3.8, 4) is 0 Å². The van der Waals surface area contributed by atoms with Crippen molar-refractivity contribution < 1.29 is 47.7 Å². The van der Waals surface area contributed by atoms with Gasteiger partial charge in [0.1, 0.15) is 18.8 Å². The van der Waals surface area contributed by atoms with Gasteiger partial charge in [-0.25, -0.2) is 5.01 Å². The van der Waals surface area contributed by atoms with Crippen molar-refractivity contribution in [1.29, 1.82) is 0 Å². The Bertz CT molecular complexity index is 1480. The normalized spacial score (nSPS) is 24.4. The number of halogens is 1. The average molecular weight is 689 g/mol. The lowest BCUT2D eigenvalue weighted by Crippen LogP contribution is -2.68. The minimum absolute atomic E-state index is 0.0635. The third kappa shape index (κ3) is 7.87. The molecule has 0 spiro atoms. The minimum atomic E-state index is -1.51. The molecule has 2 aliphatic heterocycles. The van der Waals surface area contributed by atoms with Gasteiger partial charge in [-0.05, 0) is 36.8 Å². The molecular weight excluding hydrogens is 654 g/mol. The predicted molar refractivity (Wildman–Crippen MR) is 162 cm³/mol. The topological polar surface area (TPSA) is 150 Å². The highest BCUT2D eigenvalue weighted by atomic mass is 79.9. The standard InChI is InChI=1S/C31H34BrN3O10/c1-16-7-9-22(10-8-16)30-34(29(17(2)36)33-35(30)24-13-11-23(32)12-14-24)26-28(43-20(5)39)27(42-19(4)38)25(15-41-18(3)37)45-31(26)44-21(6)40/h7-14,25-28,30-31H,15H2,1-6H3/t25-,26-,27-,28-,30?,31-/m1/s1. The van der Waals surface area contributed by atoms with Crippen LogP contribution in [-0.2, 0) is 47.7 Å². The fourth-order valence-electron chi connectivity index (χ4n) is 5.27. The van der Waals surface area contributed by atoms with Crippen molar-refractivity contribution in [1.82, 2.24) is 4.90 Å².